The predicted octanol–water partition coefficient (Wildman–Crippen LogP) is 6.29. The van der Waals surface area contributed by atoms with Crippen molar-refractivity contribution in [3.63, 3.8) is 0 Å². The molecule has 0 unspecified atom stereocenters. The highest BCUT2D eigenvalue weighted by Crippen LogP contribution is 2.53. The molecule has 1 aromatic heterocycles. The second kappa shape index (κ2) is 11.8. The van der Waals surface area contributed by atoms with E-state index in [0.717, 1.165) is 62.1 Å². The molecule has 0 amide bonds. The smallest absolute Gasteiger partial charge is 0.229 e. The molecule has 0 aliphatic carbocycles. The Morgan fingerprint density at radius 2 is 1.74 bits per heavy atom. The molecular weight excluding hydrogens is 564 g/mol. The molecule has 1 N–H and O–H groups in total. The van der Waals surface area contributed by atoms with Gasteiger partial charge in [-0.05, 0) is 74.0 Å². The second-order valence-corrected chi connectivity index (χ2v) is 13.3. The van der Waals surface area contributed by atoms with Crippen LogP contribution >= 0.6 is 23.7 Å². The third-order valence-corrected chi connectivity index (χ3v) is 10.8. The number of hydrogen-bond donors (Lipinski definition) is 1. The van der Waals surface area contributed by atoms with Gasteiger partial charge in [-0.2, -0.15) is 4.98 Å². The first-order chi connectivity index (χ1) is 20.5. The van der Waals surface area contributed by atoms with Gasteiger partial charge in [0, 0.05) is 63.2 Å². The first-order valence-corrected chi connectivity index (χ1v) is 16.6. The summed E-state index contributed by atoms with van der Waals surface area (Å²) in [4.78, 5) is 17.3. The number of piperidine rings is 1. The van der Waals surface area contributed by atoms with Crippen LogP contribution in [-0.2, 0) is 19.3 Å². The summed E-state index contributed by atoms with van der Waals surface area (Å²) in [5.41, 5.74) is 8.95. The zero-order valence-electron chi connectivity index (χ0n) is 24.9. The van der Waals surface area contributed by atoms with Gasteiger partial charge in [0.25, 0.3) is 0 Å². The van der Waals surface area contributed by atoms with Crippen molar-refractivity contribution in [1.29, 1.82) is 0 Å². The predicted molar refractivity (Wildman–Crippen MR) is 177 cm³/mol. The van der Waals surface area contributed by atoms with Crippen LogP contribution in [0.25, 0.3) is 0 Å². The van der Waals surface area contributed by atoms with E-state index in [0.29, 0.717) is 11.0 Å². The molecule has 2 aromatic carbocycles. The van der Waals surface area contributed by atoms with Crippen LogP contribution in [0.4, 0.5) is 34.5 Å². The zero-order valence-corrected chi connectivity index (χ0v) is 26.5. The molecule has 0 saturated carbocycles. The lowest BCUT2D eigenvalue weighted by atomic mass is 9.97. The minimum Gasteiger partial charge on any atom is -0.371 e. The lowest BCUT2D eigenvalue weighted by molar-refractivity contribution is 0.0982. The minimum absolute atomic E-state index is 0.548. The summed E-state index contributed by atoms with van der Waals surface area (Å²) in [6, 6.07) is 11.9. The Morgan fingerprint density at radius 3 is 2.50 bits per heavy atom. The number of nitrogens with zero attached hydrogens (tertiary/aromatic N) is 7. The summed E-state index contributed by atoms with van der Waals surface area (Å²) in [7, 11) is 2.24. The largest absolute Gasteiger partial charge is 0.371 e. The number of rotatable bonds is 7. The third-order valence-electron chi connectivity index (χ3n) is 9.42. The first kappa shape index (κ1) is 28.1. The molecule has 8 nitrogen and oxygen atoms in total. The van der Waals surface area contributed by atoms with Crippen LogP contribution in [0.2, 0.25) is 5.02 Å². The monoisotopic (exact) mass is 604 g/mol. The number of anilines is 6. The van der Waals surface area contributed by atoms with E-state index in [9.17, 15) is 0 Å². The number of piperazine rings is 1. The Balaban J connectivity index is 1.10. The van der Waals surface area contributed by atoms with Gasteiger partial charge in [0.05, 0.1) is 29.7 Å². The highest BCUT2D eigenvalue weighted by molar-refractivity contribution is 8.02. The molecular formula is C32H41ClN8S. The van der Waals surface area contributed by atoms with Crippen molar-refractivity contribution < 1.29 is 0 Å². The molecule has 0 bridgehead atoms. The van der Waals surface area contributed by atoms with Crippen molar-refractivity contribution in [2.75, 3.05) is 71.7 Å². The summed E-state index contributed by atoms with van der Waals surface area (Å²) in [5.74, 6) is 1.29. The van der Waals surface area contributed by atoms with Gasteiger partial charge in [0.1, 0.15) is 5.02 Å². The SMILES string of the molecule is CCc1cc(N2CCC(N3CCN(C)CC3)CC2)c(CC)cc1Nc1ncc(Cl)c(N2SN3CCc4cccc2c43)n1. The number of nitrogens with one attached hydrogen (secondary N) is 1. The van der Waals surface area contributed by atoms with Crippen LogP contribution in [0.1, 0.15) is 43.4 Å². The van der Waals surface area contributed by atoms with Crippen molar-refractivity contribution in [1.82, 2.24) is 19.8 Å². The minimum atomic E-state index is 0.548. The summed E-state index contributed by atoms with van der Waals surface area (Å²) in [6.07, 6.45) is 7.20. The van der Waals surface area contributed by atoms with Crippen LogP contribution in [-0.4, -0.2) is 78.7 Å². The van der Waals surface area contributed by atoms with Crippen molar-refractivity contribution in [2.45, 2.75) is 52.0 Å². The van der Waals surface area contributed by atoms with Gasteiger partial charge in [-0.25, -0.2) is 9.29 Å². The van der Waals surface area contributed by atoms with E-state index in [1.807, 2.05) is 0 Å². The number of para-hydroxylation sites is 1. The number of likely N-dealkylation sites (N-methyl/N-ethyl adjacent to an activating group) is 1. The van der Waals surface area contributed by atoms with Crippen LogP contribution in [0.15, 0.2) is 36.5 Å². The highest BCUT2D eigenvalue weighted by Gasteiger charge is 2.36. The molecule has 0 atom stereocenters. The average Bonchev–Trinajstić information content (AvgIpc) is 3.62. The summed E-state index contributed by atoms with van der Waals surface area (Å²) >= 11 is 8.36. The van der Waals surface area contributed by atoms with E-state index in [4.69, 9.17) is 16.6 Å². The molecule has 42 heavy (non-hydrogen) atoms. The van der Waals surface area contributed by atoms with Gasteiger partial charge < -0.3 is 15.1 Å². The molecule has 222 valence electrons. The van der Waals surface area contributed by atoms with E-state index in [2.05, 4.69) is 84.8 Å². The fourth-order valence-corrected chi connectivity index (χ4v) is 8.29. The molecule has 7 rings (SSSR count). The van der Waals surface area contributed by atoms with Gasteiger partial charge in [-0.1, -0.05) is 37.6 Å². The lowest BCUT2D eigenvalue weighted by Crippen LogP contribution is -2.52. The Morgan fingerprint density at radius 1 is 0.952 bits per heavy atom. The van der Waals surface area contributed by atoms with Crippen LogP contribution in [0, 0.1) is 0 Å². The number of aromatic nitrogens is 2. The van der Waals surface area contributed by atoms with Gasteiger partial charge in [-0.3, -0.25) is 9.21 Å². The molecule has 2 saturated heterocycles. The van der Waals surface area contributed by atoms with Crippen LogP contribution in [0.5, 0.6) is 0 Å². The van der Waals surface area contributed by atoms with E-state index >= 15 is 0 Å². The summed E-state index contributed by atoms with van der Waals surface area (Å²) in [5, 5.41) is 4.12. The van der Waals surface area contributed by atoms with E-state index in [1.54, 1.807) is 18.3 Å². The average molecular weight is 605 g/mol. The lowest BCUT2D eigenvalue weighted by Gasteiger charge is -2.43. The normalized spacial score (nSPS) is 19.6. The number of benzene rings is 2. The van der Waals surface area contributed by atoms with Gasteiger partial charge in [0.2, 0.25) is 5.95 Å². The Labute approximate surface area is 259 Å². The van der Waals surface area contributed by atoms with Crippen LogP contribution in [0.3, 0.4) is 0 Å². The van der Waals surface area contributed by atoms with Crippen LogP contribution < -0.4 is 18.8 Å². The maximum atomic E-state index is 6.69. The fourth-order valence-electron chi connectivity index (χ4n) is 6.95. The number of hydrogen-bond acceptors (Lipinski definition) is 9. The molecule has 10 heteroatoms. The molecule has 2 fully saturated rings. The molecule has 4 aliphatic heterocycles. The molecule has 4 aliphatic rings. The van der Waals surface area contributed by atoms with E-state index in [1.165, 1.54) is 67.1 Å². The second-order valence-electron chi connectivity index (χ2n) is 11.9. The fraction of sp³-hybridized carbons (Fsp3) is 0.500. The first-order valence-electron chi connectivity index (χ1n) is 15.5. The number of halogens is 1. The molecule has 0 radical (unpaired) electrons. The van der Waals surface area contributed by atoms with Crippen molar-refractivity contribution in [2.24, 2.45) is 0 Å². The third kappa shape index (κ3) is 5.19. The Kier molecular flexibility index (Phi) is 7.86. The van der Waals surface area contributed by atoms with Gasteiger partial charge in [-0.15, -0.1) is 0 Å². The Hall–Kier alpha value is -2.72. The van der Waals surface area contributed by atoms with E-state index in [-0.39, 0.29) is 0 Å². The standard InChI is InChI=1S/C32H41ClN8S/c1-4-22-20-29(39-12-10-25(11-13-39)38-17-15-37(3)16-18-38)23(5-2)19-27(22)35-32-34-21-26(33)31(36-32)41-28-8-6-7-24-9-14-40(42-41)30(24)28/h6-8,19-21,25H,4-5,9-18H2,1-3H3,(H,34,35,36). The van der Waals surface area contributed by atoms with Crippen molar-refractivity contribution >= 4 is 58.3 Å². The highest BCUT2D eigenvalue weighted by atomic mass is 35.5. The summed E-state index contributed by atoms with van der Waals surface area (Å²) < 4.78 is 4.48. The maximum Gasteiger partial charge on any atom is 0.229 e. The van der Waals surface area contributed by atoms with Crippen molar-refractivity contribution in [3.8, 4) is 0 Å². The quantitative estimate of drug-likeness (QED) is 0.313. The van der Waals surface area contributed by atoms with E-state index < -0.39 is 0 Å². The van der Waals surface area contributed by atoms with Crippen molar-refractivity contribution in [3.05, 3.63) is 58.2 Å². The molecule has 0 spiro atoms. The summed E-state index contributed by atoms with van der Waals surface area (Å²) in [6.45, 7) is 12.5. The zero-order chi connectivity index (χ0) is 28.8. The van der Waals surface area contributed by atoms with Gasteiger partial charge >= 0.3 is 0 Å². The molecule has 3 aromatic rings. The number of aryl methyl sites for hydroxylation is 2. The van der Waals surface area contributed by atoms with Gasteiger partial charge in [0.15, 0.2) is 5.82 Å². The topological polar surface area (TPSA) is 54.0 Å². The molecule has 5 heterocycles. The maximum absolute atomic E-state index is 6.69. The Bertz CT molecular complexity index is 1450.